The van der Waals surface area contributed by atoms with Gasteiger partial charge < -0.3 is 15.7 Å². The Hall–Kier alpha value is -3.92. The monoisotopic (exact) mass is 486 g/mol. The Kier molecular flexibility index (Phi) is 6.37. The summed E-state index contributed by atoms with van der Waals surface area (Å²) in [4.78, 5) is 0. The molecule has 0 amide bonds. The Morgan fingerprint density at radius 1 is 0.622 bits per heavy atom. The van der Waals surface area contributed by atoms with E-state index in [-0.39, 0.29) is 10.6 Å². The third-order valence-corrected chi connectivity index (χ3v) is 8.18. The Balaban J connectivity index is 0.000000164. The minimum absolute atomic E-state index is 0.290. The smallest absolute Gasteiger partial charge is 0.369 e. The number of anilines is 3. The zero-order valence-corrected chi connectivity index (χ0v) is 22.4. The van der Waals surface area contributed by atoms with Crippen molar-refractivity contribution in [2.24, 2.45) is 0 Å². The van der Waals surface area contributed by atoms with Crippen molar-refractivity contribution in [2.75, 3.05) is 11.1 Å². The van der Waals surface area contributed by atoms with Crippen LogP contribution in [0.2, 0.25) is 10.6 Å². The minimum Gasteiger partial charge on any atom is -0.560 e. The van der Waals surface area contributed by atoms with Gasteiger partial charge in [0.1, 0.15) is 0 Å². The number of nitrogen functional groups attached to an aromatic ring is 1. The summed E-state index contributed by atoms with van der Waals surface area (Å²) in [6, 6.07) is 35.1. The fourth-order valence-electron chi connectivity index (χ4n) is 5.15. The molecule has 0 aliphatic carbocycles. The molecule has 1 aliphatic heterocycles. The van der Waals surface area contributed by atoms with E-state index in [1.807, 2.05) is 42.5 Å². The second-order valence-electron chi connectivity index (χ2n) is 11.1. The van der Waals surface area contributed by atoms with Crippen LogP contribution in [0.3, 0.4) is 0 Å². The number of para-hydroxylation sites is 1. The summed E-state index contributed by atoms with van der Waals surface area (Å²) >= 11 is 0. The topological polar surface area (TPSA) is 47.3 Å². The van der Waals surface area contributed by atoms with Gasteiger partial charge in [-0.1, -0.05) is 112 Å². The normalized spacial score (nSPS) is 15.1. The molecule has 1 saturated heterocycles. The molecular weight excluding hydrogens is 451 g/mol. The molecule has 1 fully saturated rings. The van der Waals surface area contributed by atoms with E-state index < -0.39 is 0 Å². The highest BCUT2D eigenvalue weighted by Crippen LogP contribution is 2.73. The molecule has 0 radical (unpaired) electrons. The van der Waals surface area contributed by atoms with Gasteiger partial charge in [0.2, 0.25) is 0 Å². The number of aryl methyl sites for hydroxylation is 1. The van der Waals surface area contributed by atoms with Gasteiger partial charge in [-0.05, 0) is 52.6 Å². The zero-order chi connectivity index (χ0) is 26.2. The summed E-state index contributed by atoms with van der Waals surface area (Å²) in [7, 11) is 0. The van der Waals surface area contributed by atoms with Crippen molar-refractivity contribution in [3.8, 4) is 5.75 Å². The predicted octanol–water partition coefficient (Wildman–Crippen LogP) is 9.26. The largest absolute Gasteiger partial charge is 0.560 e. The number of hydrogen-bond donors (Lipinski definition) is 2. The van der Waals surface area contributed by atoms with Crippen LogP contribution in [0.15, 0.2) is 103 Å². The van der Waals surface area contributed by atoms with Crippen molar-refractivity contribution in [1.29, 1.82) is 0 Å². The van der Waals surface area contributed by atoms with E-state index in [0.29, 0.717) is 6.92 Å². The molecule has 1 heterocycles. The van der Waals surface area contributed by atoms with Gasteiger partial charge in [-0.3, -0.25) is 0 Å². The molecule has 0 bridgehead atoms. The van der Waals surface area contributed by atoms with E-state index in [0.717, 1.165) is 33.6 Å². The maximum Gasteiger partial charge on any atom is 0.369 e. The summed E-state index contributed by atoms with van der Waals surface area (Å²) in [6.45, 7) is 11.5. The first kappa shape index (κ1) is 24.8. The first-order valence-corrected chi connectivity index (χ1v) is 12.9. The Morgan fingerprint density at radius 3 is 1.68 bits per heavy atom. The summed E-state index contributed by atoms with van der Waals surface area (Å²) in [5, 5.41) is 8.69. The molecule has 3 N–H and O–H groups in total. The number of nitrogens with one attached hydrogen (secondary N) is 1. The fraction of sp³-hybridized carbons (Fsp3) is 0.212. The van der Waals surface area contributed by atoms with E-state index in [1.54, 1.807) is 0 Å². The van der Waals surface area contributed by atoms with Crippen molar-refractivity contribution in [3.05, 3.63) is 109 Å². The molecule has 0 aromatic heterocycles. The number of rotatable bonds is 4. The highest BCUT2D eigenvalue weighted by Gasteiger charge is 2.72. The van der Waals surface area contributed by atoms with Crippen LogP contribution in [0.25, 0.3) is 21.5 Å². The van der Waals surface area contributed by atoms with Gasteiger partial charge >= 0.3 is 6.92 Å². The molecule has 0 spiro atoms. The molecule has 3 nitrogen and oxygen atoms in total. The van der Waals surface area contributed by atoms with Gasteiger partial charge in [0.15, 0.2) is 0 Å². The summed E-state index contributed by atoms with van der Waals surface area (Å²) in [6.07, 6.45) is 0. The van der Waals surface area contributed by atoms with Crippen molar-refractivity contribution >= 4 is 45.5 Å². The Bertz CT molecular complexity index is 1530. The maximum atomic E-state index is 6.47. The molecular formula is C33H35BN2O. The third kappa shape index (κ3) is 4.64. The highest BCUT2D eigenvalue weighted by atomic mass is 16.4. The minimum atomic E-state index is 0.290. The highest BCUT2D eigenvalue weighted by molar-refractivity contribution is 6.73. The number of nitrogens with two attached hydrogens (primary N) is 1. The van der Waals surface area contributed by atoms with Gasteiger partial charge in [0, 0.05) is 16.5 Å². The second-order valence-corrected chi connectivity index (χ2v) is 11.1. The summed E-state index contributed by atoms with van der Waals surface area (Å²) in [5.74, 6) is 0.990. The van der Waals surface area contributed by atoms with Crippen molar-refractivity contribution < 1.29 is 4.65 Å². The standard InChI is InChI=1S/C20H16N2.C13H19BO/c21-19-17-12-6-4-10-15(17)16-11-5-7-13-18(16)20(19)22-14-8-2-1-3-9-14;1-10-6-8-11(9-7-10)15-14-12(2,3)13(14,4)5/h1-13,22H,21H2;6-9H,1-5H3. The van der Waals surface area contributed by atoms with Gasteiger partial charge in [0.25, 0.3) is 0 Å². The lowest BCUT2D eigenvalue weighted by Crippen LogP contribution is -2.09. The molecule has 6 rings (SSSR count). The summed E-state index contributed by atoms with van der Waals surface area (Å²) < 4.78 is 6.01. The molecule has 4 heteroatoms. The van der Waals surface area contributed by atoms with E-state index >= 15 is 0 Å². The average molecular weight is 486 g/mol. The zero-order valence-electron chi connectivity index (χ0n) is 22.4. The summed E-state index contributed by atoms with van der Waals surface area (Å²) in [5.41, 5.74) is 10.5. The van der Waals surface area contributed by atoms with Crippen LogP contribution in [0.5, 0.6) is 5.75 Å². The Labute approximate surface area is 220 Å². The number of hydrogen-bond acceptors (Lipinski definition) is 3. The van der Waals surface area contributed by atoms with Gasteiger partial charge in [-0.15, -0.1) is 0 Å². The molecule has 5 aromatic rings. The Morgan fingerprint density at radius 2 is 1.11 bits per heavy atom. The molecule has 0 unspecified atom stereocenters. The molecule has 0 saturated carbocycles. The molecule has 5 aromatic carbocycles. The van der Waals surface area contributed by atoms with Crippen LogP contribution < -0.4 is 15.7 Å². The van der Waals surface area contributed by atoms with Crippen molar-refractivity contribution in [1.82, 2.24) is 0 Å². The van der Waals surface area contributed by atoms with Crippen LogP contribution in [-0.2, 0) is 0 Å². The number of benzene rings is 5. The van der Waals surface area contributed by atoms with E-state index in [1.165, 1.54) is 16.3 Å². The van der Waals surface area contributed by atoms with Crippen LogP contribution >= 0.6 is 0 Å². The molecule has 0 atom stereocenters. The van der Waals surface area contributed by atoms with Crippen molar-refractivity contribution in [2.45, 2.75) is 45.2 Å². The third-order valence-electron chi connectivity index (χ3n) is 8.18. The lowest BCUT2D eigenvalue weighted by Gasteiger charge is -2.16. The van der Waals surface area contributed by atoms with Gasteiger partial charge in [0.05, 0.1) is 17.1 Å². The van der Waals surface area contributed by atoms with Crippen LogP contribution in [0.4, 0.5) is 17.1 Å². The lowest BCUT2D eigenvalue weighted by atomic mass is 9.78. The predicted molar refractivity (Wildman–Crippen MR) is 161 cm³/mol. The average Bonchev–Trinajstić information content (AvgIpc) is 3.30. The fourth-order valence-corrected chi connectivity index (χ4v) is 5.15. The van der Waals surface area contributed by atoms with Gasteiger partial charge in [-0.25, -0.2) is 0 Å². The first-order chi connectivity index (χ1) is 17.7. The molecule has 37 heavy (non-hydrogen) atoms. The lowest BCUT2D eigenvalue weighted by molar-refractivity contribution is 0.579. The van der Waals surface area contributed by atoms with Gasteiger partial charge in [-0.2, -0.15) is 0 Å². The molecule has 1 aliphatic rings. The van der Waals surface area contributed by atoms with Crippen LogP contribution in [0.1, 0.15) is 33.3 Å². The SMILES string of the molecule is Cc1ccc(OB2C(C)(C)C2(C)C)cc1.Nc1c(Nc2ccccc2)c2ccccc2c2ccccc12. The quantitative estimate of drug-likeness (QED) is 0.115. The number of fused-ring (bicyclic) bond motifs is 3. The maximum absolute atomic E-state index is 6.47. The first-order valence-electron chi connectivity index (χ1n) is 12.9. The second kappa shape index (κ2) is 9.51. The van der Waals surface area contributed by atoms with E-state index in [4.69, 9.17) is 10.4 Å². The van der Waals surface area contributed by atoms with Crippen LogP contribution in [-0.4, -0.2) is 6.92 Å². The van der Waals surface area contributed by atoms with E-state index in [9.17, 15) is 0 Å². The van der Waals surface area contributed by atoms with E-state index in [2.05, 4.69) is 101 Å². The molecule has 186 valence electrons. The van der Waals surface area contributed by atoms with Crippen LogP contribution in [0, 0.1) is 6.92 Å². The van der Waals surface area contributed by atoms with Crippen molar-refractivity contribution in [3.63, 3.8) is 0 Å².